The first-order valence-electron chi connectivity index (χ1n) is 15.3. The van der Waals surface area contributed by atoms with Crippen molar-refractivity contribution in [2.45, 2.75) is 84.9 Å². The summed E-state index contributed by atoms with van der Waals surface area (Å²) in [5.74, 6) is 2.10. The van der Waals surface area contributed by atoms with Gasteiger partial charge in [-0.1, -0.05) is 26.0 Å². The van der Waals surface area contributed by atoms with E-state index in [1.54, 1.807) is 0 Å². The summed E-state index contributed by atoms with van der Waals surface area (Å²) >= 11 is 0. The molecule has 2 amide bonds. The van der Waals surface area contributed by atoms with Gasteiger partial charge in [0.25, 0.3) is 5.91 Å². The van der Waals surface area contributed by atoms with Crippen molar-refractivity contribution < 1.29 is 14.3 Å². The van der Waals surface area contributed by atoms with Crippen molar-refractivity contribution in [2.75, 3.05) is 13.1 Å². The molecule has 0 unspecified atom stereocenters. The number of benzene rings is 2. The smallest absolute Gasteiger partial charge is 0.407 e. The van der Waals surface area contributed by atoms with Crippen molar-refractivity contribution >= 4 is 33.9 Å². The molecule has 0 radical (unpaired) electrons. The van der Waals surface area contributed by atoms with Gasteiger partial charge < -0.3 is 24.1 Å². The Morgan fingerprint density at radius 1 is 1.10 bits per heavy atom. The highest BCUT2D eigenvalue weighted by atomic mass is 16.6. The lowest BCUT2D eigenvalue weighted by molar-refractivity contribution is 0.0483. The van der Waals surface area contributed by atoms with Crippen molar-refractivity contribution in [1.82, 2.24) is 24.3 Å². The number of alkyl carbamates (subject to hydrolysis) is 1. The number of hydrogen-bond acceptors (Lipinski definition) is 4. The molecule has 1 N–H and O–H groups in total. The normalized spacial score (nSPS) is 16.4. The molecular formula is C34H43N5O3. The fourth-order valence-electron chi connectivity index (χ4n) is 6.07. The van der Waals surface area contributed by atoms with Crippen LogP contribution in [0.2, 0.25) is 0 Å². The third-order valence-electron chi connectivity index (χ3n) is 8.49. The lowest BCUT2D eigenvalue weighted by Gasteiger charge is -2.31. The number of amides is 2. The maximum Gasteiger partial charge on any atom is 0.407 e. The van der Waals surface area contributed by atoms with Crippen LogP contribution in [0, 0.1) is 5.92 Å². The number of ether oxygens (including phenoxy) is 1. The van der Waals surface area contributed by atoms with Gasteiger partial charge in [-0.25, -0.2) is 9.78 Å². The van der Waals surface area contributed by atoms with E-state index in [0.29, 0.717) is 24.6 Å². The van der Waals surface area contributed by atoms with Gasteiger partial charge in [0.15, 0.2) is 5.82 Å². The number of carbonyl (C=O) groups is 2. The van der Waals surface area contributed by atoms with E-state index < -0.39 is 11.7 Å². The number of fused-ring (bicyclic) bond motifs is 3. The van der Waals surface area contributed by atoms with Gasteiger partial charge >= 0.3 is 6.09 Å². The molecule has 1 saturated carbocycles. The summed E-state index contributed by atoms with van der Waals surface area (Å²) in [5.41, 5.74) is 6.79. The van der Waals surface area contributed by atoms with Gasteiger partial charge in [-0.05, 0) is 94.2 Å². The van der Waals surface area contributed by atoms with Gasteiger partial charge in [-0.15, -0.1) is 0 Å². The van der Waals surface area contributed by atoms with Crippen molar-refractivity contribution in [3.05, 3.63) is 53.1 Å². The largest absolute Gasteiger partial charge is 0.444 e. The quantitative estimate of drug-likeness (QED) is 0.271. The molecule has 8 heteroatoms. The van der Waals surface area contributed by atoms with Crippen molar-refractivity contribution in [1.29, 1.82) is 0 Å². The third-order valence-corrected chi connectivity index (χ3v) is 8.49. The molecule has 1 aliphatic heterocycles. The van der Waals surface area contributed by atoms with Crippen LogP contribution in [0.4, 0.5) is 4.79 Å². The first-order valence-corrected chi connectivity index (χ1v) is 15.3. The molecule has 6 rings (SSSR count). The molecule has 3 heterocycles. The summed E-state index contributed by atoms with van der Waals surface area (Å²) in [7, 11) is 2.08. The van der Waals surface area contributed by atoms with Crippen LogP contribution < -0.4 is 5.32 Å². The molecule has 0 bridgehead atoms. The van der Waals surface area contributed by atoms with E-state index in [9.17, 15) is 9.59 Å². The van der Waals surface area contributed by atoms with Gasteiger partial charge in [-0.2, -0.15) is 0 Å². The molecule has 8 nitrogen and oxygen atoms in total. The lowest BCUT2D eigenvalue weighted by Crippen LogP contribution is -2.47. The topological polar surface area (TPSA) is 81.4 Å². The Labute approximate surface area is 248 Å². The van der Waals surface area contributed by atoms with Crippen LogP contribution in [0.3, 0.4) is 0 Å². The minimum atomic E-state index is -0.570. The number of imidazole rings is 1. The Hall–Kier alpha value is -3.81. The van der Waals surface area contributed by atoms with E-state index in [1.165, 1.54) is 29.3 Å². The number of rotatable bonds is 7. The van der Waals surface area contributed by atoms with Gasteiger partial charge in [0.05, 0.1) is 16.7 Å². The highest BCUT2D eigenvalue weighted by Gasteiger charge is 2.29. The fraction of sp³-hybridized carbons (Fsp3) is 0.500. The van der Waals surface area contributed by atoms with Crippen LogP contribution >= 0.6 is 0 Å². The highest BCUT2D eigenvalue weighted by Crippen LogP contribution is 2.37. The third kappa shape index (κ3) is 5.51. The molecule has 1 atom stereocenters. The van der Waals surface area contributed by atoms with Crippen LogP contribution in [0.15, 0.2) is 36.4 Å². The first kappa shape index (κ1) is 28.3. The number of hydrogen-bond donors (Lipinski definition) is 1. The standard InChI is InChI=1S/C34H43N5O3/c1-20(2)23-10-11-25-16-30(39(28(25)14-23)19-22-8-9-22)31-36-27-17-26-24(15-29(27)37(31)7)12-13-38(32(26)40)18-21(3)35-33(41)42-34(4,5)6/h10-11,14-17,20-22H,8-9,12-13,18-19H2,1-7H3,(H,35,41)/t21-/m1/s1. The molecule has 2 aromatic heterocycles. The maximum absolute atomic E-state index is 13.6. The maximum atomic E-state index is 13.6. The van der Waals surface area contributed by atoms with E-state index in [1.807, 2.05) is 38.7 Å². The number of aromatic nitrogens is 3. The zero-order valence-electron chi connectivity index (χ0n) is 26.0. The summed E-state index contributed by atoms with van der Waals surface area (Å²) in [6.45, 7) is 13.9. The molecule has 222 valence electrons. The Bertz CT molecular complexity index is 1680. The molecule has 0 saturated heterocycles. The molecule has 2 aliphatic rings. The van der Waals surface area contributed by atoms with E-state index in [0.717, 1.165) is 47.0 Å². The summed E-state index contributed by atoms with van der Waals surface area (Å²) in [5, 5.41) is 4.09. The molecule has 1 fully saturated rings. The Kier molecular flexibility index (Phi) is 7.06. The Morgan fingerprint density at radius 3 is 2.55 bits per heavy atom. The average molecular weight is 570 g/mol. The minimum absolute atomic E-state index is 0.0211. The van der Waals surface area contributed by atoms with Gasteiger partial charge in [-0.3, -0.25) is 4.79 Å². The summed E-state index contributed by atoms with van der Waals surface area (Å²) in [6.07, 6.45) is 2.85. The highest BCUT2D eigenvalue weighted by molar-refractivity contribution is 6.00. The number of nitrogens with zero attached hydrogens (tertiary/aromatic N) is 4. The van der Waals surface area contributed by atoms with Crippen molar-refractivity contribution in [2.24, 2.45) is 13.0 Å². The minimum Gasteiger partial charge on any atom is -0.444 e. The van der Waals surface area contributed by atoms with E-state index in [4.69, 9.17) is 9.72 Å². The summed E-state index contributed by atoms with van der Waals surface area (Å²) in [6, 6.07) is 13.0. The molecule has 4 aromatic rings. The average Bonchev–Trinajstić information content (AvgIpc) is 3.58. The molecule has 0 spiro atoms. The second kappa shape index (κ2) is 10.5. The van der Waals surface area contributed by atoms with Crippen molar-refractivity contribution in [3.63, 3.8) is 0 Å². The Morgan fingerprint density at radius 2 is 1.86 bits per heavy atom. The van der Waals surface area contributed by atoms with Crippen LogP contribution in [0.5, 0.6) is 0 Å². The Balaban J connectivity index is 1.31. The SMILES string of the molecule is CC(C)c1ccc2cc(-c3nc4cc5c(cc4n3C)CCN(C[C@@H](C)NC(=O)OC(C)(C)C)C5=O)n(CC3CC3)c2c1. The predicted octanol–water partition coefficient (Wildman–Crippen LogP) is 6.64. The van der Waals surface area contributed by atoms with Gasteiger partial charge in [0.2, 0.25) is 0 Å². The van der Waals surface area contributed by atoms with Crippen molar-refractivity contribution in [3.8, 4) is 11.5 Å². The number of aryl methyl sites for hydroxylation is 1. The second-order valence-corrected chi connectivity index (χ2v) is 13.6. The van der Waals surface area contributed by atoms with Gasteiger partial charge in [0.1, 0.15) is 5.60 Å². The fourth-order valence-corrected chi connectivity index (χ4v) is 6.07. The molecule has 42 heavy (non-hydrogen) atoms. The predicted molar refractivity (Wildman–Crippen MR) is 167 cm³/mol. The monoisotopic (exact) mass is 569 g/mol. The zero-order chi connectivity index (χ0) is 29.9. The van der Waals surface area contributed by atoms with Crippen LogP contribution in [0.1, 0.15) is 81.8 Å². The lowest BCUT2D eigenvalue weighted by atomic mass is 9.97. The molecule has 2 aromatic carbocycles. The summed E-state index contributed by atoms with van der Waals surface area (Å²) < 4.78 is 10.0. The molecule has 1 aliphatic carbocycles. The second-order valence-electron chi connectivity index (χ2n) is 13.6. The van der Waals surface area contributed by atoms with Gasteiger partial charge in [0, 0.05) is 49.2 Å². The zero-order valence-corrected chi connectivity index (χ0v) is 26.0. The van der Waals surface area contributed by atoms with E-state index in [2.05, 4.69) is 65.7 Å². The van der Waals surface area contributed by atoms with Crippen LogP contribution in [0.25, 0.3) is 33.5 Å². The van der Waals surface area contributed by atoms with E-state index >= 15 is 0 Å². The number of carbonyl (C=O) groups excluding carboxylic acids is 2. The molecular weight excluding hydrogens is 526 g/mol. The van der Waals surface area contributed by atoms with Crippen LogP contribution in [-0.4, -0.2) is 55.8 Å². The first-order chi connectivity index (χ1) is 19.9. The summed E-state index contributed by atoms with van der Waals surface area (Å²) in [4.78, 5) is 32.8. The van der Waals surface area contributed by atoms with E-state index in [-0.39, 0.29) is 11.9 Å². The number of nitrogens with one attached hydrogen (secondary N) is 1. The van der Waals surface area contributed by atoms with Crippen LogP contribution in [-0.2, 0) is 24.8 Å².